The summed E-state index contributed by atoms with van der Waals surface area (Å²) in [5.41, 5.74) is 0. The molecule has 1 saturated carbocycles. The molecule has 108 valence electrons. The maximum atomic E-state index is 11.9. The summed E-state index contributed by atoms with van der Waals surface area (Å²) in [7, 11) is 0. The van der Waals surface area contributed by atoms with Crippen molar-refractivity contribution in [3.05, 3.63) is 0 Å². The fourth-order valence-corrected chi connectivity index (χ4v) is 2.98. The Hall–Kier alpha value is -1.10. The van der Waals surface area contributed by atoms with E-state index < -0.39 is 6.04 Å². The first-order valence-corrected chi connectivity index (χ1v) is 7.17. The summed E-state index contributed by atoms with van der Waals surface area (Å²) in [6.07, 6.45) is 5.01. The van der Waals surface area contributed by atoms with Gasteiger partial charge < -0.3 is 14.8 Å². The second kappa shape index (κ2) is 6.37. The van der Waals surface area contributed by atoms with Crippen molar-refractivity contribution in [1.29, 1.82) is 0 Å². The van der Waals surface area contributed by atoms with Gasteiger partial charge in [0.1, 0.15) is 6.04 Å². The molecule has 19 heavy (non-hydrogen) atoms. The summed E-state index contributed by atoms with van der Waals surface area (Å²) < 4.78 is 11.0. The summed E-state index contributed by atoms with van der Waals surface area (Å²) in [4.78, 5) is 22.7. The summed E-state index contributed by atoms with van der Waals surface area (Å²) in [5, 5.41) is 2.63. The smallest absolute Gasteiger partial charge is 0.328 e. The maximum Gasteiger partial charge on any atom is 0.328 e. The maximum absolute atomic E-state index is 11.9. The monoisotopic (exact) mass is 269 g/mol. The van der Waals surface area contributed by atoms with Gasteiger partial charge in [-0.15, -0.1) is 0 Å². The van der Waals surface area contributed by atoms with E-state index in [1.807, 2.05) is 6.92 Å². The molecule has 5 heteroatoms. The standard InChI is InChI=1S/C14H23NO4/c1-3-18-14(17)13(15-8-16)11-6-9(2)19-12(7-11)10-4-5-10/h8-13H,3-7H2,1-2H3,(H,15,16)/t9-,11-,12+,13+/m1/s1. The molecule has 1 N–H and O–H groups in total. The van der Waals surface area contributed by atoms with Gasteiger partial charge in [0.15, 0.2) is 0 Å². The van der Waals surface area contributed by atoms with Gasteiger partial charge in [-0.1, -0.05) is 0 Å². The Morgan fingerprint density at radius 2 is 2.21 bits per heavy atom. The minimum absolute atomic E-state index is 0.110. The predicted octanol–water partition coefficient (Wildman–Crippen LogP) is 1.26. The van der Waals surface area contributed by atoms with Crippen molar-refractivity contribution in [2.75, 3.05) is 6.61 Å². The number of carbonyl (C=O) groups is 2. The van der Waals surface area contributed by atoms with E-state index in [4.69, 9.17) is 9.47 Å². The van der Waals surface area contributed by atoms with Gasteiger partial charge in [0.25, 0.3) is 0 Å². The van der Waals surface area contributed by atoms with Gasteiger partial charge in [-0.05, 0) is 51.4 Å². The molecular formula is C14H23NO4. The van der Waals surface area contributed by atoms with Crippen molar-refractivity contribution in [2.45, 2.75) is 57.8 Å². The lowest BCUT2D eigenvalue weighted by Gasteiger charge is -2.37. The molecule has 0 spiro atoms. The average Bonchev–Trinajstić information content (AvgIpc) is 3.19. The molecule has 1 saturated heterocycles. The zero-order valence-electron chi connectivity index (χ0n) is 11.6. The SMILES string of the molecule is CCOC(=O)[C@@H](NC=O)[C@@H]1C[C@@H](C)O[C@H](C2CC2)C1. The number of rotatable bonds is 6. The molecule has 2 rings (SSSR count). The molecule has 0 radical (unpaired) electrons. The van der Waals surface area contributed by atoms with Crippen LogP contribution < -0.4 is 5.32 Å². The first-order chi connectivity index (χ1) is 9.15. The number of hydrogen-bond acceptors (Lipinski definition) is 4. The molecule has 4 atom stereocenters. The Morgan fingerprint density at radius 1 is 1.47 bits per heavy atom. The first-order valence-electron chi connectivity index (χ1n) is 7.17. The van der Waals surface area contributed by atoms with Crippen molar-refractivity contribution < 1.29 is 19.1 Å². The van der Waals surface area contributed by atoms with Gasteiger partial charge >= 0.3 is 5.97 Å². The van der Waals surface area contributed by atoms with Crippen LogP contribution in [0.25, 0.3) is 0 Å². The van der Waals surface area contributed by atoms with Crippen LogP contribution in [0.4, 0.5) is 0 Å². The minimum atomic E-state index is -0.537. The van der Waals surface area contributed by atoms with Crippen LogP contribution in [-0.2, 0) is 19.1 Å². The highest BCUT2D eigenvalue weighted by atomic mass is 16.5. The van der Waals surface area contributed by atoms with Crippen molar-refractivity contribution >= 4 is 12.4 Å². The Bertz CT molecular complexity index is 329. The van der Waals surface area contributed by atoms with E-state index in [9.17, 15) is 9.59 Å². The molecule has 5 nitrogen and oxygen atoms in total. The molecule has 1 amide bonds. The van der Waals surface area contributed by atoms with Crippen LogP contribution in [0.5, 0.6) is 0 Å². The molecular weight excluding hydrogens is 246 g/mol. The van der Waals surface area contributed by atoms with Crippen LogP contribution in [0.15, 0.2) is 0 Å². The Balaban J connectivity index is 2.01. The van der Waals surface area contributed by atoms with Gasteiger partial charge in [-0.2, -0.15) is 0 Å². The number of esters is 1. The van der Waals surface area contributed by atoms with E-state index in [1.54, 1.807) is 6.92 Å². The molecule has 0 aromatic rings. The lowest BCUT2D eigenvalue weighted by atomic mass is 9.84. The van der Waals surface area contributed by atoms with Crippen molar-refractivity contribution in [1.82, 2.24) is 5.32 Å². The lowest BCUT2D eigenvalue weighted by Crippen LogP contribution is -2.48. The summed E-state index contributed by atoms with van der Waals surface area (Å²) in [6, 6.07) is -0.537. The topological polar surface area (TPSA) is 64.6 Å². The van der Waals surface area contributed by atoms with E-state index in [2.05, 4.69) is 5.32 Å². The van der Waals surface area contributed by atoms with Crippen molar-refractivity contribution in [2.24, 2.45) is 11.8 Å². The summed E-state index contributed by atoms with van der Waals surface area (Å²) in [6.45, 7) is 4.14. The van der Waals surface area contributed by atoms with E-state index in [0.717, 1.165) is 12.8 Å². The van der Waals surface area contributed by atoms with Crippen LogP contribution in [0, 0.1) is 11.8 Å². The first kappa shape index (κ1) is 14.3. The highest BCUT2D eigenvalue weighted by Gasteiger charge is 2.42. The van der Waals surface area contributed by atoms with Gasteiger partial charge in [-0.25, -0.2) is 4.79 Å². The van der Waals surface area contributed by atoms with Crippen LogP contribution in [0.3, 0.4) is 0 Å². The zero-order valence-corrected chi connectivity index (χ0v) is 11.6. The normalized spacial score (nSPS) is 32.4. The number of nitrogens with one attached hydrogen (secondary N) is 1. The number of hydrogen-bond donors (Lipinski definition) is 1. The fourth-order valence-electron chi connectivity index (χ4n) is 2.98. The van der Waals surface area contributed by atoms with E-state index in [1.165, 1.54) is 12.8 Å². The van der Waals surface area contributed by atoms with Crippen molar-refractivity contribution in [3.63, 3.8) is 0 Å². The van der Waals surface area contributed by atoms with Crippen LogP contribution in [0.1, 0.15) is 39.5 Å². The number of amides is 1. The van der Waals surface area contributed by atoms with E-state index in [0.29, 0.717) is 18.9 Å². The zero-order chi connectivity index (χ0) is 13.8. The molecule has 0 aromatic heterocycles. The largest absolute Gasteiger partial charge is 0.464 e. The fraction of sp³-hybridized carbons (Fsp3) is 0.857. The van der Waals surface area contributed by atoms with Gasteiger partial charge in [0, 0.05) is 0 Å². The highest BCUT2D eigenvalue weighted by molar-refractivity contribution is 5.78. The Morgan fingerprint density at radius 3 is 2.79 bits per heavy atom. The van der Waals surface area contributed by atoms with Gasteiger partial charge in [-0.3, -0.25) is 4.79 Å². The van der Waals surface area contributed by atoms with Crippen LogP contribution in [-0.4, -0.2) is 37.2 Å². The summed E-state index contributed by atoms with van der Waals surface area (Å²) in [5.74, 6) is 0.422. The third-order valence-corrected chi connectivity index (χ3v) is 3.98. The molecule has 2 fully saturated rings. The third kappa shape index (κ3) is 3.69. The minimum Gasteiger partial charge on any atom is -0.464 e. The molecule has 0 bridgehead atoms. The Labute approximate surface area is 114 Å². The molecule has 1 aliphatic carbocycles. The summed E-state index contributed by atoms with van der Waals surface area (Å²) >= 11 is 0. The highest BCUT2D eigenvalue weighted by Crippen LogP contribution is 2.41. The molecule has 1 heterocycles. The predicted molar refractivity (Wildman–Crippen MR) is 69.4 cm³/mol. The average molecular weight is 269 g/mol. The molecule has 0 unspecified atom stereocenters. The van der Waals surface area contributed by atoms with Crippen LogP contribution in [0.2, 0.25) is 0 Å². The van der Waals surface area contributed by atoms with E-state index in [-0.39, 0.29) is 24.1 Å². The van der Waals surface area contributed by atoms with Gasteiger partial charge in [0.2, 0.25) is 6.41 Å². The third-order valence-electron chi connectivity index (χ3n) is 3.98. The van der Waals surface area contributed by atoms with Crippen molar-refractivity contribution in [3.8, 4) is 0 Å². The molecule has 2 aliphatic rings. The lowest BCUT2D eigenvalue weighted by molar-refractivity contribution is -0.151. The van der Waals surface area contributed by atoms with Gasteiger partial charge in [0.05, 0.1) is 18.8 Å². The second-order valence-corrected chi connectivity index (χ2v) is 5.57. The number of carbonyl (C=O) groups excluding carboxylic acids is 2. The van der Waals surface area contributed by atoms with Crippen LogP contribution >= 0.6 is 0 Å². The second-order valence-electron chi connectivity index (χ2n) is 5.57. The number of ether oxygens (including phenoxy) is 2. The van der Waals surface area contributed by atoms with E-state index >= 15 is 0 Å². The Kier molecular flexibility index (Phi) is 4.80. The molecule has 1 aliphatic heterocycles. The quantitative estimate of drug-likeness (QED) is 0.582. The molecule has 0 aromatic carbocycles.